The number of fused-ring (bicyclic) bond motifs is 4. The SMILES string of the molecule is CC1(C)c2ccccc2N(c2ccc(-c3cn(-c4ccccc4N4c5ccccc5C(C)(C)c5ccccc54)nn3)cc2)c2ccccc21. The first-order valence-electron chi connectivity index (χ1n) is 16.9. The lowest BCUT2D eigenvalue weighted by atomic mass is 9.73. The van der Waals surface area contributed by atoms with Gasteiger partial charge in [0.25, 0.3) is 0 Å². The zero-order chi connectivity index (χ0) is 33.3. The van der Waals surface area contributed by atoms with Crippen molar-refractivity contribution in [3.05, 3.63) is 174 Å². The molecule has 5 nitrogen and oxygen atoms in total. The third-order valence-corrected chi connectivity index (χ3v) is 10.6. The smallest absolute Gasteiger partial charge is 0.113 e. The number of nitrogens with zero attached hydrogens (tertiary/aromatic N) is 5. The third-order valence-electron chi connectivity index (χ3n) is 10.6. The van der Waals surface area contributed by atoms with Gasteiger partial charge in [0.1, 0.15) is 5.69 Å². The van der Waals surface area contributed by atoms with Gasteiger partial charge in [0, 0.05) is 22.1 Å². The number of benzene rings is 6. The fourth-order valence-corrected chi connectivity index (χ4v) is 8.02. The average Bonchev–Trinajstić information content (AvgIpc) is 3.63. The highest BCUT2D eigenvalue weighted by atomic mass is 15.4. The van der Waals surface area contributed by atoms with E-state index in [9.17, 15) is 0 Å². The summed E-state index contributed by atoms with van der Waals surface area (Å²) in [6.07, 6.45) is 2.04. The number of rotatable bonds is 4. The minimum atomic E-state index is -0.125. The first kappa shape index (κ1) is 29.2. The van der Waals surface area contributed by atoms with E-state index < -0.39 is 0 Å². The molecule has 0 N–H and O–H groups in total. The van der Waals surface area contributed by atoms with E-state index in [1.807, 2.05) is 10.9 Å². The normalized spacial score (nSPS) is 15.2. The van der Waals surface area contributed by atoms with Gasteiger partial charge >= 0.3 is 0 Å². The number of anilines is 6. The molecule has 5 heteroatoms. The first-order valence-corrected chi connectivity index (χ1v) is 16.9. The number of para-hydroxylation sites is 6. The lowest BCUT2D eigenvalue weighted by Gasteiger charge is -2.42. The van der Waals surface area contributed by atoms with Gasteiger partial charge in [-0.15, -0.1) is 5.10 Å². The molecule has 0 spiro atoms. The van der Waals surface area contributed by atoms with Crippen molar-refractivity contribution in [1.82, 2.24) is 15.0 Å². The lowest BCUT2D eigenvalue weighted by molar-refractivity contribution is 0.631. The van der Waals surface area contributed by atoms with Gasteiger partial charge in [0.2, 0.25) is 0 Å². The quantitative estimate of drug-likeness (QED) is 0.193. The molecule has 49 heavy (non-hydrogen) atoms. The van der Waals surface area contributed by atoms with Crippen LogP contribution in [0.5, 0.6) is 0 Å². The van der Waals surface area contributed by atoms with Gasteiger partial charge in [-0.1, -0.05) is 130 Å². The molecule has 0 saturated carbocycles. The average molecular weight is 636 g/mol. The second kappa shape index (κ2) is 10.8. The van der Waals surface area contributed by atoms with Crippen molar-refractivity contribution in [2.45, 2.75) is 38.5 Å². The molecule has 0 aliphatic carbocycles. The summed E-state index contributed by atoms with van der Waals surface area (Å²) in [6, 6.07) is 52.1. The van der Waals surface area contributed by atoms with Crippen LogP contribution in [0.25, 0.3) is 16.9 Å². The molecule has 0 fully saturated rings. The Labute approximate surface area is 287 Å². The Bertz CT molecular complexity index is 2270. The maximum atomic E-state index is 4.68. The Morgan fingerprint density at radius 1 is 0.408 bits per heavy atom. The van der Waals surface area contributed by atoms with Gasteiger partial charge in [-0.2, -0.15) is 0 Å². The van der Waals surface area contributed by atoms with Gasteiger partial charge in [-0.25, -0.2) is 4.68 Å². The van der Waals surface area contributed by atoms with Gasteiger partial charge in [0.05, 0.1) is 40.3 Å². The maximum Gasteiger partial charge on any atom is 0.113 e. The third kappa shape index (κ3) is 4.39. The van der Waals surface area contributed by atoms with Gasteiger partial charge < -0.3 is 9.80 Å². The summed E-state index contributed by atoms with van der Waals surface area (Å²) < 4.78 is 1.91. The van der Waals surface area contributed by atoms with Crippen molar-refractivity contribution in [2.24, 2.45) is 0 Å². The van der Waals surface area contributed by atoms with Gasteiger partial charge in [0.15, 0.2) is 0 Å². The molecule has 6 aromatic carbocycles. The minimum Gasteiger partial charge on any atom is -0.310 e. The van der Waals surface area contributed by atoms with E-state index in [0.717, 1.165) is 28.3 Å². The molecule has 3 heterocycles. The standard InChI is InChI=1S/C44H37N5/c1-43(2)32-15-5-9-19-37(32)48(38-20-10-6-16-33(38)43)31-27-25-30(26-28-31)36-29-47(46-45-36)41-23-13-14-24-42(41)49-39-21-11-7-17-34(39)44(3,4)35-18-8-12-22-40(35)49/h5-29H,1-4H3. The zero-order valence-electron chi connectivity index (χ0n) is 28.2. The van der Waals surface area contributed by atoms with E-state index in [0.29, 0.717) is 0 Å². The molecule has 7 aromatic rings. The monoisotopic (exact) mass is 635 g/mol. The summed E-state index contributed by atoms with van der Waals surface area (Å²) in [4.78, 5) is 4.75. The van der Waals surface area contributed by atoms with E-state index in [-0.39, 0.29) is 10.8 Å². The molecule has 238 valence electrons. The van der Waals surface area contributed by atoms with Crippen LogP contribution in [0.1, 0.15) is 49.9 Å². The Balaban J connectivity index is 1.09. The Morgan fingerprint density at radius 3 is 1.27 bits per heavy atom. The van der Waals surface area contributed by atoms with Crippen molar-refractivity contribution in [2.75, 3.05) is 9.80 Å². The second-order valence-electron chi connectivity index (χ2n) is 14.1. The molecular formula is C44H37N5. The van der Waals surface area contributed by atoms with Crippen LogP contribution in [0.3, 0.4) is 0 Å². The van der Waals surface area contributed by atoms with Crippen LogP contribution in [-0.2, 0) is 10.8 Å². The molecule has 0 saturated heterocycles. The van der Waals surface area contributed by atoms with E-state index in [1.165, 1.54) is 45.0 Å². The maximum absolute atomic E-state index is 4.68. The van der Waals surface area contributed by atoms with Crippen LogP contribution < -0.4 is 9.80 Å². The summed E-state index contributed by atoms with van der Waals surface area (Å²) in [7, 11) is 0. The zero-order valence-corrected chi connectivity index (χ0v) is 28.2. The minimum absolute atomic E-state index is 0.0903. The number of hydrogen-bond donors (Lipinski definition) is 0. The topological polar surface area (TPSA) is 37.2 Å². The van der Waals surface area contributed by atoms with Crippen molar-refractivity contribution in [1.29, 1.82) is 0 Å². The van der Waals surface area contributed by atoms with Crippen molar-refractivity contribution in [3.8, 4) is 16.9 Å². The van der Waals surface area contributed by atoms with Crippen LogP contribution >= 0.6 is 0 Å². The van der Waals surface area contributed by atoms with Crippen LogP contribution in [0, 0.1) is 0 Å². The predicted octanol–water partition coefficient (Wildman–Crippen LogP) is 11.2. The Morgan fingerprint density at radius 2 is 0.796 bits per heavy atom. The molecule has 9 rings (SSSR count). The fraction of sp³-hybridized carbons (Fsp3) is 0.136. The fourth-order valence-electron chi connectivity index (χ4n) is 8.02. The van der Waals surface area contributed by atoms with Gasteiger partial charge in [-0.3, -0.25) is 0 Å². The van der Waals surface area contributed by atoms with Crippen molar-refractivity contribution in [3.63, 3.8) is 0 Å². The number of aromatic nitrogens is 3. The summed E-state index contributed by atoms with van der Waals surface area (Å²) in [5, 5.41) is 9.35. The van der Waals surface area contributed by atoms with Crippen LogP contribution in [-0.4, -0.2) is 15.0 Å². The van der Waals surface area contributed by atoms with Gasteiger partial charge in [-0.05, 0) is 70.8 Å². The first-order chi connectivity index (χ1) is 23.8. The Hall–Kier alpha value is -5.94. The molecule has 1 aromatic heterocycles. The van der Waals surface area contributed by atoms with Crippen molar-refractivity contribution >= 4 is 34.1 Å². The van der Waals surface area contributed by atoms with Crippen molar-refractivity contribution < 1.29 is 0 Å². The van der Waals surface area contributed by atoms with Crippen LogP contribution in [0.2, 0.25) is 0 Å². The van der Waals surface area contributed by atoms with E-state index in [2.05, 4.69) is 193 Å². The molecule has 0 amide bonds. The molecule has 0 unspecified atom stereocenters. The summed E-state index contributed by atoms with van der Waals surface area (Å²) in [5.41, 5.74) is 14.8. The molecule has 0 radical (unpaired) electrons. The summed E-state index contributed by atoms with van der Waals surface area (Å²) in [6.45, 7) is 9.26. The predicted molar refractivity (Wildman–Crippen MR) is 200 cm³/mol. The molecule has 2 aliphatic heterocycles. The van der Waals surface area contributed by atoms with Crippen LogP contribution in [0.15, 0.2) is 152 Å². The molecule has 2 aliphatic rings. The molecule has 0 bridgehead atoms. The lowest BCUT2D eigenvalue weighted by Crippen LogP contribution is -2.30. The molecule has 0 atom stereocenters. The summed E-state index contributed by atoms with van der Waals surface area (Å²) in [5.74, 6) is 0. The molecular weight excluding hydrogens is 599 g/mol. The summed E-state index contributed by atoms with van der Waals surface area (Å²) >= 11 is 0. The van der Waals surface area contributed by atoms with Crippen LogP contribution in [0.4, 0.5) is 34.1 Å². The highest BCUT2D eigenvalue weighted by Gasteiger charge is 2.38. The van der Waals surface area contributed by atoms with E-state index >= 15 is 0 Å². The van der Waals surface area contributed by atoms with E-state index in [1.54, 1.807) is 0 Å². The Kier molecular flexibility index (Phi) is 6.44. The highest BCUT2D eigenvalue weighted by molar-refractivity contribution is 5.89. The van der Waals surface area contributed by atoms with E-state index in [4.69, 9.17) is 0 Å². The number of hydrogen-bond acceptors (Lipinski definition) is 4. The second-order valence-corrected chi connectivity index (χ2v) is 14.1. The highest BCUT2D eigenvalue weighted by Crippen LogP contribution is 2.53. The largest absolute Gasteiger partial charge is 0.310 e.